The van der Waals surface area contributed by atoms with Crippen molar-refractivity contribution in [3.63, 3.8) is 0 Å². The number of benzene rings is 4. The lowest BCUT2D eigenvalue weighted by molar-refractivity contribution is -0.142. The van der Waals surface area contributed by atoms with Gasteiger partial charge in [-0.15, -0.1) is 0 Å². The molecule has 0 spiro atoms. The zero-order valence-electron chi connectivity index (χ0n) is 73.8. The largest absolute Gasteiger partial charge is 0.508 e. The second kappa shape index (κ2) is 50.3. The van der Waals surface area contributed by atoms with Crippen LogP contribution in [0.25, 0.3) is 21.8 Å². The fraction of sp³-hybridized carbons (Fsp3) is 0.419. The van der Waals surface area contributed by atoms with Gasteiger partial charge in [0.2, 0.25) is 112 Å². The van der Waals surface area contributed by atoms with Crippen molar-refractivity contribution in [2.24, 2.45) is 28.9 Å². The molecule has 0 saturated carbocycles. The Morgan fingerprint density at radius 2 is 0.837 bits per heavy atom. The summed E-state index contributed by atoms with van der Waals surface area (Å²) in [6, 6.07) is -2.49. The molecule has 1 fully saturated rings. The molecule has 2 aromatic heterocycles. The molecular weight excluding hydrogens is 1770 g/mol. The molecule has 1 aliphatic rings. The van der Waals surface area contributed by atoms with E-state index < -0.39 is 310 Å². The number of carbonyl (C=O) groups excluding carboxylic acids is 19. The van der Waals surface area contributed by atoms with Crippen molar-refractivity contribution in [2.75, 3.05) is 13.1 Å². The van der Waals surface area contributed by atoms with Gasteiger partial charge in [-0.2, -0.15) is 0 Å². The van der Waals surface area contributed by atoms with Crippen LogP contribution >= 0.6 is 0 Å². The van der Waals surface area contributed by atoms with Crippen LogP contribution in [0.5, 0.6) is 11.5 Å². The maximum Gasteiger partial charge on any atom is 0.305 e. The lowest BCUT2D eigenvalue weighted by Crippen LogP contribution is -2.62. The lowest BCUT2D eigenvalue weighted by Gasteiger charge is -2.29. The number of aromatic amines is 2. The zero-order chi connectivity index (χ0) is 99.8. The van der Waals surface area contributed by atoms with Crippen LogP contribution in [0, 0.1) is 5.92 Å². The third-order valence-corrected chi connectivity index (χ3v) is 21.5. The molecule has 726 valence electrons. The van der Waals surface area contributed by atoms with Gasteiger partial charge in [-0.3, -0.25) is 105 Å². The molecule has 31 N–H and O–H groups in total. The maximum absolute atomic E-state index is 15.0. The fourth-order valence-corrected chi connectivity index (χ4v) is 13.9. The number of hydrogen-bond donors (Lipinski definition) is 27. The van der Waals surface area contributed by atoms with Crippen LogP contribution in [0.4, 0.5) is 0 Å². The Morgan fingerprint density at radius 1 is 0.430 bits per heavy atom. The second-order valence-electron chi connectivity index (χ2n) is 32.1. The predicted octanol–water partition coefficient (Wildman–Crippen LogP) is -7.37. The number of hydrogen-bond acceptors (Lipinski definition) is 25. The van der Waals surface area contributed by atoms with Gasteiger partial charge >= 0.3 is 17.9 Å². The highest BCUT2D eigenvalue weighted by molar-refractivity contribution is 6.03. The first kappa shape index (κ1) is 106. The van der Waals surface area contributed by atoms with Crippen LogP contribution in [0.3, 0.4) is 0 Å². The Morgan fingerprint density at radius 3 is 1.33 bits per heavy atom. The minimum absolute atomic E-state index is 0.0755. The molecule has 7 rings (SSSR count). The number of H-pyrrole nitrogens is 2. The van der Waals surface area contributed by atoms with E-state index in [0.717, 1.165) is 6.92 Å². The molecule has 0 unspecified atom stereocenters. The summed E-state index contributed by atoms with van der Waals surface area (Å²) in [7, 11) is 0. The number of aliphatic carboxylic acids is 3. The summed E-state index contributed by atoms with van der Waals surface area (Å²) in [5.41, 5.74) is 24.6. The highest BCUT2D eigenvalue weighted by atomic mass is 16.4. The molecule has 3 heterocycles. The topological polar surface area (TPSA) is 805 Å². The average Bonchev–Trinajstić information content (AvgIpc) is 1.69. The van der Waals surface area contributed by atoms with Crippen molar-refractivity contribution in [3.05, 3.63) is 132 Å². The third-order valence-electron chi connectivity index (χ3n) is 21.5. The number of carbonyl (C=O) groups is 22. The van der Waals surface area contributed by atoms with E-state index in [2.05, 4.69) is 95.0 Å². The van der Waals surface area contributed by atoms with Crippen LogP contribution in [0.15, 0.2) is 109 Å². The Balaban J connectivity index is 1.12. The van der Waals surface area contributed by atoms with E-state index in [0.29, 0.717) is 32.9 Å². The number of nitrogens with two attached hydrogens (primary N) is 4. The van der Waals surface area contributed by atoms with Gasteiger partial charge in [-0.25, -0.2) is 0 Å². The molecule has 16 atom stereocenters. The van der Waals surface area contributed by atoms with E-state index in [4.69, 9.17) is 28.0 Å². The molecule has 0 aliphatic carbocycles. The number of nitrogens with one attached hydrogen (secondary N) is 18. The smallest absolute Gasteiger partial charge is 0.305 e. The quantitative estimate of drug-likeness (QED) is 0.0169. The van der Waals surface area contributed by atoms with Gasteiger partial charge in [0.05, 0.1) is 38.3 Å². The molecular formula is C86H110N22O27. The molecule has 49 nitrogen and oxygen atoms in total. The van der Waals surface area contributed by atoms with Crippen LogP contribution in [-0.2, 0) is 131 Å². The zero-order valence-corrected chi connectivity index (χ0v) is 73.8. The second-order valence-corrected chi connectivity index (χ2v) is 32.1. The van der Waals surface area contributed by atoms with Gasteiger partial charge in [-0.05, 0) is 98.2 Å². The maximum atomic E-state index is 15.0. The van der Waals surface area contributed by atoms with Crippen molar-refractivity contribution in [1.29, 1.82) is 0 Å². The molecule has 19 amide bonds. The van der Waals surface area contributed by atoms with Crippen molar-refractivity contribution >= 4 is 152 Å². The first-order valence-corrected chi connectivity index (χ1v) is 42.5. The Labute approximate surface area is 768 Å². The van der Waals surface area contributed by atoms with Crippen LogP contribution < -0.4 is 108 Å². The van der Waals surface area contributed by atoms with E-state index in [-0.39, 0.29) is 35.5 Å². The minimum atomic E-state index is -2.14. The van der Waals surface area contributed by atoms with Gasteiger partial charge in [0, 0.05) is 79.3 Å². The first-order chi connectivity index (χ1) is 63.8. The molecule has 0 radical (unpaired) electrons. The van der Waals surface area contributed by atoms with Gasteiger partial charge in [0.25, 0.3) is 0 Å². The average molecular weight is 1880 g/mol. The molecule has 0 bridgehead atoms. The number of phenols is 2. The van der Waals surface area contributed by atoms with Crippen LogP contribution in [0.1, 0.15) is 115 Å². The highest BCUT2D eigenvalue weighted by Crippen LogP contribution is 2.23. The lowest BCUT2D eigenvalue weighted by atomic mass is 9.96. The van der Waals surface area contributed by atoms with Gasteiger partial charge in [0.1, 0.15) is 96.1 Å². The summed E-state index contributed by atoms with van der Waals surface area (Å²) < 4.78 is 0. The normalized spacial score (nSPS) is 17.3. The standard InChI is InChI=1S/C86H110N22O27/c1-6-39(2)71(108-84(133)61(33-65(89)112)104-81(130)59(30-46-36-92-53-14-10-8-12-50(46)53)103-83(132)62(34-70(119)120)105-85(134)63-37-93-76(125)51(87)31-66(113)95-40(3)73(122)96-41(4)75(124)107-63)86(135)106-56(27-43-15-19-47(109)20-16-43)79(128)97-42(5)74(123)101-57(28-44-17-21-48(110)22-18-44)80(129)100-55(24-26-69(117)118)78(127)102-58(29-45-35-91-52-13-9-7-11-49(45)52)77(126)94-38-67(114)98-60(32-64(88)111)82(131)99-54(72(90)121)23-25-68(115)116/h7-22,35-36,39-42,51,54-63,71,91-92,109-110H,6,23-34,37-38,87H2,1-5H3,(H2,88,111)(H2,89,112)(H2,90,121)(H,93,125)(H,94,126)(H,95,113)(H,96,122)(H,97,128)(H,98,114)(H,99,131)(H,100,129)(H,101,123)(H,102,127)(H,103,132)(H,104,130)(H,105,134)(H,106,135)(H,107,124)(H,108,133)(H,115,116)(H,117,118)(H,119,120)/t39-,40-,41-,42-,51-,54-,55-,56-,57-,58-,59-,60-,61-,62-,63-,71-/m0/s1. The van der Waals surface area contributed by atoms with E-state index in [9.17, 15) is 121 Å². The number of aromatic nitrogens is 2. The van der Waals surface area contributed by atoms with Crippen LogP contribution in [-0.4, -0.2) is 269 Å². The van der Waals surface area contributed by atoms with E-state index >= 15 is 4.79 Å². The van der Waals surface area contributed by atoms with Crippen LogP contribution in [0.2, 0.25) is 0 Å². The van der Waals surface area contributed by atoms with Crippen molar-refractivity contribution < 1.29 is 131 Å². The Bertz CT molecular complexity index is 5410. The van der Waals surface area contributed by atoms with Crippen molar-refractivity contribution in [2.45, 2.75) is 209 Å². The highest BCUT2D eigenvalue weighted by Gasteiger charge is 2.40. The molecule has 1 saturated heterocycles. The molecule has 135 heavy (non-hydrogen) atoms. The number of fused-ring (bicyclic) bond motifs is 2. The molecule has 1 aliphatic heterocycles. The number of phenolic OH excluding ortho intramolecular Hbond substituents is 2. The van der Waals surface area contributed by atoms with E-state index in [1.165, 1.54) is 81.7 Å². The third kappa shape index (κ3) is 33.3. The number of carboxylic acids is 3. The number of aromatic hydroxyl groups is 2. The minimum Gasteiger partial charge on any atom is -0.508 e. The number of rotatable bonds is 47. The number of carboxylic acid groups (broad SMARTS) is 3. The van der Waals surface area contributed by atoms with E-state index in [1.807, 2.05) is 0 Å². The summed E-state index contributed by atoms with van der Waals surface area (Å²) >= 11 is 0. The molecule has 49 heteroatoms. The van der Waals surface area contributed by atoms with Crippen molar-refractivity contribution in [3.8, 4) is 11.5 Å². The van der Waals surface area contributed by atoms with Crippen molar-refractivity contribution in [1.82, 2.24) is 95.0 Å². The number of primary amides is 3. The summed E-state index contributed by atoms with van der Waals surface area (Å²) in [5.74, 6) is -27.7. The summed E-state index contributed by atoms with van der Waals surface area (Å²) in [5, 5.41) is 88.6. The Hall–Kier alpha value is -16.1. The predicted molar refractivity (Wildman–Crippen MR) is 473 cm³/mol. The monoisotopic (exact) mass is 1880 g/mol. The molecule has 4 aromatic carbocycles. The van der Waals surface area contributed by atoms with Gasteiger partial charge < -0.3 is 144 Å². The number of amides is 19. The summed E-state index contributed by atoms with van der Waals surface area (Å²) in [4.78, 5) is 305. The summed E-state index contributed by atoms with van der Waals surface area (Å²) in [6.45, 7) is 4.92. The SMILES string of the molecule is CC[C@H](C)[C@H](NC(=O)[C@H](CC(N)=O)NC(=O)[C@H](Cc1c[nH]c2ccccc12)NC(=O)[C@H](CC(=O)O)NC(=O)[C@@H]1CNC(=O)[C@@H](N)CC(=O)N[C@@H](C)C(=O)N[C@@H](C)C(=O)N1)C(=O)N[C@@H](Cc1ccc(O)cc1)C(=O)N[C@@H](C)C(=O)N[C@@H](Cc1ccc(O)cc1)C(=O)N[C@@H](CCC(=O)O)C(=O)N[C@@H](Cc1c[nH]c2ccccc12)C(=O)NCC(=O)N[C@@H](CC(N)=O)C(=O)N[C@@H](CCC(=O)O)C(N)=O. The fourth-order valence-electron chi connectivity index (χ4n) is 13.9. The Kier molecular flexibility index (Phi) is 39.5. The first-order valence-electron chi connectivity index (χ1n) is 42.5. The number of para-hydroxylation sites is 2. The van der Waals surface area contributed by atoms with E-state index in [1.54, 1.807) is 55.5 Å². The van der Waals surface area contributed by atoms with Gasteiger partial charge in [0.15, 0.2) is 0 Å². The van der Waals surface area contributed by atoms with Gasteiger partial charge in [-0.1, -0.05) is 80.9 Å². The summed E-state index contributed by atoms with van der Waals surface area (Å²) in [6.07, 6.45) is -5.18. The molecule has 6 aromatic rings.